The summed E-state index contributed by atoms with van der Waals surface area (Å²) < 4.78 is 0. The Morgan fingerprint density at radius 1 is 1.14 bits per heavy atom. The zero-order valence-corrected chi connectivity index (χ0v) is 22.5. The molecule has 2 aromatic carbocycles. The number of benzene rings is 2. The number of carbonyl (C=O) groups is 1. The third-order valence-corrected chi connectivity index (χ3v) is 7.58. The van der Waals surface area contributed by atoms with Crippen molar-refractivity contribution in [3.05, 3.63) is 63.8 Å². The van der Waals surface area contributed by atoms with Crippen LogP contribution >= 0.6 is 23.2 Å². The van der Waals surface area contributed by atoms with Gasteiger partial charge < -0.3 is 25.1 Å². The highest BCUT2D eigenvalue weighted by atomic mass is 35.5. The van der Waals surface area contributed by atoms with Crippen molar-refractivity contribution >= 4 is 57.9 Å². The number of nitrogens with one attached hydrogen (secondary N) is 1. The van der Waals surface area contributed by atoms with Gasteiger partial charge in [-0.05, 0) is 44.3 Å². The minimum atomic E-state index is -0.275. The molecule has 194 valence electrons. The van der Waals surface area contributed by atoms with E-state index in [0.29, 0.717) is 39.1 Å². The summed E-state index contributed by atoms with van der Waals surface area (Å²) in [6, 6.07) is 11.5. The molecule has 1 fully saturated rings. The molecule has 1 saturated heterocycles. The van der Waals surface area contributed by atoms with Gasteiger partial charge in [0.15, 0.2) is 0 Å². The fraction of sp³-hybridized carbons (Fsp3) is 0.346. The maximum Gasteiger partial charge on any atom is 0.265 e. The van der Waals surface area contributed by atoms with Crippen LogP contribution in [0, 0.1) is 0 Å². The molecule has 3 heterocycles. The van der Waals surface area contributed by atoms with Gasteiger partial charge in [-0.3, -0.25) is 9.69 Å². The van der Waals surface area contributed by atoms with E-state index >= 15 is 0 Å². The summed E-state index contributed by atoms with van der Waals surface area (Å²) >= 11 is 12.7. The number of hydrogen-bond donors (Lipinski definition) is 2. The SMILES string of the molecule is C[C@@H]1CN(c2ccc(Nc3ncc4c(n3)N(C)CN(c3c(Cl)cccc3Cl)C4=O)cc2CO)CCN1C. The van der Waals surface area contributed by atoms with E-state index in [1.807, 2.05) is 30.1 Å². The normalized spacial score (nSPS) is 18.3. The number of para-hydroxylation sites is 1. The highest BCUT2D eigenvalue weighted by Gasteiger charge is 2.32. The Labute approximate surface area is 226 Å². The Bertz CT molecular complexity index is 1320. The third kappa shape index (κ3) is 4.92. The van der Waals surface area contributed by atoms with E-state index in [2.05, 4.69) is 39.1 Å². The van der Waals surface area contributed by atoms with Crippen LogP contribution in [0.5, 0.6) is 0 Å². The summed E-state index contributed by atoms with van der Waals surface area (Å²) in [4.78, 5) is 30.3. The van der Waals surface area contributed by atoms with Crippen LogP contribution in [0.3, 0.4) is 0 Å². The molecule has 3 aromatic rings. The standard InChI is InChI=1S/C26H29Cl2N7O2/c1-16-13-34(10-9-32(16)2)22-8-7-18(11-17(22)14-36)30-26-29-12-19-24(31-26)33(3)15-35(25(19)37)23-20(27)5-4-6-21(23)28/h4-8,11-12,16,36H,9-10,13-15H2,1-3H3,(H,29,30,31)/t16-/m1/s1. The van der Waals surface area contributed by atoms with Crippen LogP contribution in [-0.2, 0) is 6.61 Å². The topological polar surface area (TPSA) is 88.1 Å². The molecule has 0 radical (unpaired) electrons. The van der Waals surface area contributed by atoms with Crippen molar-refractivity contribution in [1.82, 2.24) is 14.9 Å². The average molecular weight is 542 g/mol. The summed E-state index contributed by atoms with van der Waals surface area (Å²) in [5.41, 5.74) is 3.43. The van der Waals surface area contributed by atoms with Gasteiger partial charge in [0, 0.05) is 55.9 Å². The van der Waals surface area contributed by atoms with E-state index in [9.17, 15) is 9.90 Å². The average Bonchev–Trinajstić information content (AvgIpc) is 2.88. The second kappa shape index (κ2) is 10.3. The molecule has 11 heteroatoms. The molecule has 0 bridgehead atoms. The number of aromatic nitrogens is 2. The summed E-state index contributed by atoms with van der Waals surface area (Å²) in [5, 5.41) is 14.1. The number of aliphatic hydroxyl groups excluding tert-OH is 1. The van der Waals surface area contributed by atoms with Crippen molar-refractivity contribution in [3.63, 3.8) is 0 Å². The lowest BCUT2D eigenvalue weighted by Crippen LogP contribution is -2.50. The number of carbonyl (C=O) groups excluding carboxylic acids is 1. The largest absolute Gasteiger partial charge is 0.392 e. The monoisotopic (exact) mass is 541 g/mol. The maximum absolute atomic E-state index is 13.3. The quantitative estimate of drug-likeness (QED) is 0.496. The Kier molecular flexibility index (Phi) is 7.13. The van der Waals surface area contributed by atoms with Crippen molar-refractivity contribution in [1.29, 1.82) is 0 Å². The first-order valence-electron chi connectivity index (χ1n) is 12.1. The Morgan fingerprint density at radius 2 is 1.89 bits per heavy atom. The van der Waals surface area contributed by atoms with Gasteiger partial charge in [-0.1, -0.05) is 29.3 Å². The van der Waals surface area contributed by atoms with Crippen LogP contribution < -0.4 is 20.0 Å². The zero-order valence-electron chi connectivity index (χ0n) is 20.9. The molecule has 1 aromatic heterocycles. The van der Waals surface area contributed by atoms with Crippen molar-refractivity contribution < 1.29 is 9.90 Å². The van der Waals surface area contributed by atoms with E-state index in [0.717, 1.165) is 36.6 Å². The maximum atomic E-state index is 13.3. The third-order valence-electron chi connectivity index (χ3n) is 6.97. The number of hydrogen-bond acceptors (Lipinski definition) is 8. The van der Waals surface area contributed by atoms with Crippen LogP contribution in [0.15, 0.2) is 42.6 Å². The van der Waals surface area contributed by atoms with Gasteiger partial charge in [-0.15, -0.1) is 0 Å². The number of piperazine rings is 1. The smallest absolute Gasteiger partial charge is 0.265 e. The van der Waals surface area contributed by atoms with Gasteiger partial charge in [0.05, 0.1) is 29.0 Å². The molecule has 0 aliphatic carbocycles. The molecule has 1 atom stereocenters. The first-order valence-corrected chi connectivity index (χ1v) is 12.8. The molecule has 0 spiro atoms. The zero-order chi connectivity index (χ0) is 26.3. The number of halogens is 2. The number of amides is 1. The van der Waals surface area contributed by atoms with Crippen LogP contribution in [0.1, 0.15) is 22.8 Å². The number of anilines is 5. The lowest BCUT2D eigenvalue weighted by Gasteiger charge is -2.39. The van der Waals surface area contributed by atoms with E-state index in [4.69, 9.17) is 23.2 Å². The molecule has 5 rings (SSSR count). The molecule has 2 aliphatic rings. The number of nitrogens with zero attached hydrogens (tertiary/aromatic N) is 6. The molecule has 1 amide bonds. The number of fused-ring (bicyclic) bond motifs is 1. The van der Waals surface area contributed by atoms with E-state index in [1.54, 1.807) is 18.2 Å². The van der Waals surface area contributed by atoms with E-state index in [-0.39, 0.29) is 19.2 Å². The summed E-state index contributed by atoms with van der Waals surface area (Å²) in [5.74, 6) is 0.586. The van der Waals surface area contributed by atoms with Crippen LogP contribution in [0.4, 0.5) is 28.8 Å². The van der Waals surface area contributed by atoms with Gasteiger partial charge in [0.2, 0.25) is 5.95 Å². The summed E-state index contributed by atoms with van der Waals surface area (Å²) in [6.07, 6.45) is 1.51. The predicted octanol–water partition coefficient (Wildman–Crippen LogP) is 4.21. The predicted molar refractivity (Wildman–Crippen MR) is 149 cm³/mol. The molecule has 2 aliphatic heterocycles. The first kappa shape index (κ1) is 25.5. The highest BCUT2D eigenvalue weighted by molar-refractivity contribution is 6.40. The van der Waals surface area contributed by atoms with Crippen molar-refractivity contribution in [2.24, 2.45) is 0 Å². The molecule has 37 heavy (non-hydrogen) atoms. The fourth-order valence-corrected chi connectivity index (χ4v) is 5.38. The van der Waals surface area contributed by atoms with Crippen LogP contribution in [0.25, 0.3) is 0 Å². The van der Waals surface area contributed by atoms with Crippen molar-refractivity contribution in [3.8, 4) is 0 Å². The lowest BCUT2D eigenvalue weighted by atomic mass is 10.1. The highest BCUT2D eigenvalue weighted by Crippen LogP contribution is 2.37. The molecule has 9 nitrogen and oxygen atoms in total. The first-order chi connectivity index (χ1) is 17.8. The Balaban J connectivity index is 1.38. The van der Waals surface area contributed by atoms with Crippen molar-refractivity contribution in [2.75, 3.05) is 60.4 Å². The molecular formula is C26H29Cl2N7O2. The van der Waals surface area contributed by atoms with Gasteiger partial charge in [0.1, 0.15) is 11.4 Å². The lowest BCUT2D eigenvalue weighted by molar-refractivity contribution is 0.0982. The number of aliphatic hydroxyl groups is 1. The molecule has 0 unspecified atom stereocenters. The summed E-state index contributed by atoms with van der Waals surface area (Å²) in [6.45, 7) is 5.15. The van der Waals surface area contributed by atoms with Crippen LogP contribution in [-0.4, -0.2) is 72.3 Å². The van der Waals surface area contributed by atoms with Gasteiger partial charge >= 0.3 is 0 Å². The van der Waals surface area contributed by atoms with Gasteiger partial charge in [0.25, 0.3) is 5.91 Å². The Hall–Kier alpha value is -3.11. The second-order valence-corrected chi connectivity index (χ2v) is 10.3. The Morgan fingerprint density at radius 3 is 2.59 bits per heavy atom. The fourth-order valence-electron chi connectivity index (χ4n) is 4.78. The second-order valence-electron chi connectivity index (χ2n) is 9.48. The van der Waals surface area contributed by atoms with E-state index in [1.165, 1.54) is 11.1 Å². The summed E-state index contributed by atoms with van der Waals surface area (Å²) in [7, 11) is 3.98. The molecular weight excluding hydrogens is 513 g/mol. The minimum Gasteiger partial charge on any atom is -0.392 e. The van der Waals surface area contributed by atoms with Crippen molar-refractivity contribution in [2.45, 2.75) is 19.6 Å². The number of rotatable bonds is 5. The molecule has 0 saturated carbocycles. The van der Waals surface area contributed by atoms with Crippen LogP contribution in [0.2, 0.25) is 10.0 Å². The minimum absolute atomic E-state index is 0.0751. The molecule has 2 N–H and O–H groups in total. The van der Waals surface area contributed by atoms with Gasteiger partial charge in [-0.25, -0.2) is 4.98 Å². The van der Waals surface area contributed by atoms with Gasteiger partial charge in [-0.2, -0.15) is 4.98 Å². The van der Waals surface area contributed by atoms with E-state index < -0.39 is 0 Å². The number of likely N-dealkylation sites (N-methyl/N-ethyl adjacent to an activating group) is 1.